The third-order valence-corrected chi connectivity index (χ3v) is 4.37. The highest BCUT2D eigenvalue weighted by atomic mass is 32.2. The number of nitrogens with one attached hydrogen (secondary N) is 1. The lowest BCUT2D eigenvalue weighted by molar-refractivity contribution is 0.205. The predicted octanol–water partition coefficient (Wildman–Crippen LogP) is 2.45. The standard InChI is InChI=1S/C14H17N3O2S/c1-9(15-2)7-13-16-14(17-19-13)11-8-20-12-6-4-3-5-10(12)18-11/h3-6,9,11,15H,7-8H2,1-2H3. The maximum atomic E-state index is 5.94. The van der Waals surface area contributed by atoms with E-state index in [1.54, 1.807) is 11.8 Å². The Balaban J connectivity index is 1.72. The third-order valence-electron chi connectivity index (χ3n) is 3.25. The van der Waals surface area contributed by atoms with E-state index in [2.05, 4.69) is 28.4 Å². The molecule has 0 spiro atoms. The van der Waals surface area contributed by atoms with Crippen molar-refractivity contribution in [2.24, 2.45) is 0 Å². The molecule has 1 aromatic heterocycles. The normalized spacial score (nSPS) is 19.2. The van der Waals surface area contributed by atoms with Gasteiger partial charge in [-0.1, -0.05) is 17.3 Å². The summed E-state index contributed by atoms with van der Waals surface area (Å²) in [4.78, 5) is 5.60. The molecule has 0 bridgehead atoms. The second kappa shape index (κ2) is 5.85. The zero-order valence-corrected chi connectivity index (χ0v) is 12.3. The van der Waals surface area contributed by atoms with Gasteiger partial charge in [0.25, 0.3) is 0 Å². The molecule has 6 heteroatoms. The molecule has 2 unspecified atom stereocenters. The fraction of sp³-hybridized carbons (Fsp3) is 0.429. The fourth-order valence-corrected chi connectivity index (χ4v) is 2.97. The van der Waals surface area contributed by atoms with Crippen molar-refractivity contribution in [3.63, 3.8) is 0 Å². The Morgan fingerprint density at radius 2 is 2.30 bits per heavy atom. The molecule has 3 rings (SSSR count). The van der Waals surface area contributed by atoms with E-state index in [0.29, 0.717) is 17.8 Å². The molecule has 0 fully saturated rings. The van der Waals surface area contributed by atoms with Gasteiger partial charge in [-0.05, 0) is 26.1 Å². The van der Waals surface area contributed by atoms with Gasteiger partial charge in [0.2, 0.25) is 11.7 Å². The van der Waals surface area contributed by atoms with Crippen LogP contribution < -0.4 is 10.1 Å². The molecule has 106 valence electrons. The van der Waals surface area contributed by atoms with Crippen molar-refractivity contribution in [2.45, 2.75) is 30.4 Å². The topological polar surface area (TPSA) is 60.2 Å². The summed E-state index contributed by atoms with van der Waals surface area (Å²) in [5, 5.41) is 7.20. The second-order valence-electron chi connectivity index (χ2n) is 4.80. The quantitative estimate of drug-likeness (QED) is 0.933. The van der Waals surface area contributed by atoms with Gasteiger partial charge in [-0.2, -0.15) is 4.98 Å². The van der Waals surface area contributed by atoms with Crippen LogP contribution in [0.4, 0.5) is 0 Å². The Kier molecular flexibility index (Phi) is 3.93. The average molecular weight is 291 g/mol. The molecule has 2 heterocycles. The van der Waals surface area contributed by atoms with Gasteiger partial charge >= 0.3 is 0 Å². The van der Waals surface area contributed by atoms with Crippen LogP contribution in [0.5, 0.6) is 5.75 Å². The lowest BCUT2D eigenvalue weighted by Gasteiger charge is -2.22. The number of benzene rings is 1. The molecular weight excluding hydrogens is 274 g/mol. The van der Waals surface area contributed by atoms with Crippen LogP contribution in [0, 0.1) is 0 Å². The number of hydrogen-bond acceptors (Lipinski definition) is 6. The minimum absolute atomic E-state index is 0.141. The van der Waals surface area contributed by atoms with Gasteiger partial charge in [-0.15, -0.1) is 11.8 Å². The first-order valence-corrected chi connectivity index (χ1v) is 7.63. The van der Waals surface area contributed by atoms with Gasteiger partial charge in [0.1, 0.15) is 5.75 Å². The Hall–Kier alpha value is -1.53. The first-order chi connectivity index (χ1) is 9.76. The molecule has 5 nitrogen and oxygen atoms in total. The average Bonchev–Trinajstić information content (AvgIpc) is 2.95. The van der Waals surface area contributed by atoms with E-state index in [1.165, 1.54) is 0 Å². The number of ether oxygens (including phenoxy) is 1. The van der Waals surface area contributed by atoms with Gasteiger partial charge in [-0.3, -0.25) is 0 Å². The molecule has 1 aliphatic rings. The molecule has 2 atom stereocenters. The maximum absolute atomic E-state index is 5.94. The largest absolute Gasteiger partial charge is 0.480 e. The molecule has 1 aliphatic heterocycles. The number of likely N-dealkylation sites (N-methyl/N-ethyl adjacent to an activating group) is 1. The smallest absolute Gasteiger partial charge is 0.228 e. The van der Waals surface area contributed by atoms with Crippen LogP contribution in [-0.4, -0.2) is 29.0 Å². The Labute approximate surface area is 122 Å². The van der Waals surface area contributed by atoms with Crippen LogP contribution in [0.2, 0.25) is 0 Å². The van der Waals surface area contributed by atoms with E-state index in [1.807, 2.05) is 25.2 Å². The number of hydrogen-bond donors (Lipinski definition) is 1. The summed E-state index contributed by atoms with van der Waals surface area (Å²) >= 11 is 1.76. The minimum Gasteiger partial charge on any atom is -0.480 e. The van der Waals surface area contributed by atoms with Crippen molar-refractivity contribution in [1.29, 1.82) is 0 Å². The summed E-state index contributed by atoms with van der Waals surface area (Å²) in [6.45, 7) is 2.08. The highest BCUT2D eigenvalue weighted by Gasteiger charge is 2.26. The SMILES string of the molecule is CNC(C)Cc1nc(C2CSc3ccccc3O2)no1. The molecular formula is C14H17N3O2S. The number of nitrogens with zero attached hydrogens (tertiary/aromatic N) is 2. The molecule has 0 saturated carbocycles. The zero-order chi connectivity index (χ0) is 13.9. The molecule has 0 saturated heterocycles. The van der Waals surface area contributed by atoms with E-state index in [0.717, 1.165) is 22.8 Å². The lowest BCUT2D eigenvalue weighted by atomic mass is 10.2. The molecule has 20 heavy (non-hydrogen) atoms. The minimum atomic E-state index is -0.141. The van der Waals surface area contributed by atoms with Crippen molar-refractivity contribution in [1.82, 2.24) is 15.5 Å². The number of rotatable bonds is 4. The number of para-hydroxylation sites is 1. The molecule has 2 aromatic rings. The van der Waals surface area contributed by atoms with Crippen molar-refractivity contribution in [3.05, 3.63) is 36.0 Å². The number of aromatic nitrogens is 2. The fourth-order valence-electron chi connectivity index (χ4n) is 1.99. The summed E-state index contributed by atoms with van der Waals surface area (Å²) in [6, 6.07) is 8.33. The molecule has 1 aromatic carbocycles. The highest BCUT2D eigenvalue weighted by Crippen LogP contribution is 2.39. The van der Waals surface area contributed by atoms with Crippen LogP contribution in [-0.2, 0) is 6.42 Å². The van der Waals surface area contributed by atoms with Crippen LogP contribution in [0.1, 0.15) is 24.7 Å². The lowest BCUT2D eigenvalue weighted by Crippen LogP contribution is -2.23. The number of thioether (sulfide) groups is 1. The van der Waals surface area contributed by atoms with Crippen molar-refractivity contribution < 1.29 is 9.26 Å². The predicted molar refractivity (Wildman–Crippen MR) is 77.1 cm³/mol. The van der Waals surface area contributed by atoms with Gasteiger partial charge < -0.3 is 14.6 Å². The van der Waals surface area contributed by atoms with Crippen molar-refractivity contribution in [3.8, 4) is 5.75 Å². The first-order valence-electron chi connectivity index (χ1n) is 6.64. The summed E-state index contributed by atoms with van der Waals surface area (Å²) in [6.07, 6.45) is 0.581. The van der Waals surface area contributed by atoms with E-state index >= 15 is 0 Å². The molecule has 1 N–H and O–H groups in total. The van der Waals surface area contributed by atoms with Crippen molar-refractivity contribution in [2.75, 3.05) is 12.8 Å². The monoisotopic (exact) mass is 291 g/mol. The Bertz CT molecular complexity index is 587. The summed E-state index contributed by atoms with van der Waals surface area (Å²) in [7, 11) is 1.92. The zero-order valence-electron chi connectivity index (χ0n) is 11.5. The molecule has 0 aliphatic carbocycles. The van der Waals surface area contributed by atoms with Crippen LogP contribution in [0.25, 0.3) is 0 Å². The third kappa shape index (κ3) is 2.81. The second-order valence-corrected chi connectivity index (χ2v) is 5.87. The van der Waals surface area contributed by atoms with E-state index in [4.69, 9.17) is 9.26 Å². The van der Waals surface area contributed by atoms with Gasteiger partial charge in [0.05, 0.1) is 0 Å². The summed E-state index contributed by atoms with van der Waals surface area (Å²) in [5.74, 6) is 2.97. The van der Waals surface area contributed by atoms with Gasteiger partial charge in [0.15, 0.2) is 6.10 Å². The van der Waals surface area contributed by atoms with Gasteiger partial charge in [0, 0.05) is 23.1 Å². The van der Waals surface area contributed by atoms with E-state index in [9.17, 15) is 0 Å². The van der Waals surface area contributed by atoms with Crippen LogP contribution in [0.15, 0.2) is 33.7 Å². The highest BCUT2D eigenvalue weighted by molar-refractivity contribution is 7.99. The molecule has 0 amide bonds. The number of fused-ring (bicyclic) bond motifs is 1. The summed E-state index contributed by atoms with van der Waals surface area (Å²) in [5.41, 5.74) is 0. The van der Waals surface area contributed by atoms with E-state index in [-0.39, 0.29) is 6.10 Å². The Morgan fingerprint density at radius 3 is 3.15 bits per heavy atom. The Morgan fingerprint density at radius 1 is 1.45 bits per heavy atom. The first kappa shape index (κ1) is 13.5. The van der Waals surface area contributed by atoms with Crippen LogP contribution in [0.3, 0.4) is 0 Å². The summed E-state index contributed by atoms with van der Waals surface area (Å²) < 4.78 is 11.2. The molecule has 0 radical (unpaired) electrons. The van der Waals surface area contributed by atoms with Gasteiger partial charge in [-0.25, -0.2) is 0 Å². The maximum Gasteiger partial charge on any atom is 0.228 e. The van der Waals surface area contributed by atoms with Crippen molar-refractivity contribution >= 4 is 11.8 Å². The van der Waals surface area contributed by atoms with E-state index < -0.39 is 0 Å². The van der Waals surface area contributed by atoms with Crippen LogP contribution >= 0.6 is 11.8 Å².